The van der Waals surface area contributed by atoms with Crippen molar-refractivity contribution in [1.29, 1.82) is 0 Å². The molecule has 1 aliphatic carbocycles. The number of hydrogen-bond donors (Lipinski definition) is 3. The van der Waals surface area contributed by atoms with Gasteiger partial charge >= 0.3 is 0 Å². The lowest BCUT2D eigenvalue weighted by molar-refractivity contribution is -0.133. The average Bonchev–Trinajstić information content (AvgIpc) is 2.44. The van der Waals surface area contributed by atoms with Crippen molar-refractivity contribution in [3.63, 3.8) is 0 Å². The molecular weight excluding hydrogens is 274 g/mol. The van der Waals surface area contributed by atoms with Crippen molar-refractivity contribution in [2.24, 2.45) is 11.1 Å². The van der Waals surface area contributed by atoms with Gasteiger partial charge in [0.2, 0.25) is 11.8 Å². The Morgan fingerprint density at radius 3 is 2.40 bits per heavy atom. The van der Waals surface area contributed by atoms with Crippen LogP contribution < -0.4 is 16.4 Å². The molecule has 0 aromatic heterocycles. The highest BCUT2D eigenvalue weighted by Crippen LogP contribution is 2.37. The first kappa shape index (κ1) is 16.9. The largest absolute Gasteiger partial charge is 0.392 e. The Bertz CT molecular complexity index is 379. The van der Waals surface area contributed by atoms with E-state index in [1.54, 1.807) is 6.92 Å². The van der Waals surface area contributed by atoms with E-state index in [0.717, 1.165) is 25.7 Å². The summed E-state index contributed by atoms with van der Waals surface area (Å²) in [5.74, 6) is -0.377. The molecule has 0 aromatic rings. The van der Waals surface area contributed by atoms with Crippen molar-refractivity contribution in [1.82, 2.24) is 10.6 Å². The van der Waals surface area contributed by atoms with Crippen LogP contribution in [0.25, 0.3) is 0 Å². The third-order valence-electron chi connectivity index (χ3n) is 3.90. The van der Waals surface area contributed by atoms with Gasteiger partial charge in [-0.2, -0.15) is 0 Å². The number of nitrogens with two attached hydrogens (primary N) is 1. The van der Waals surface area contributed by atoms with Gasteiger partial charge in [-0.1, -0.05) is 38.4 Å². The predicted molar refractivity (Wildman–Crippen MR) is 83.2 cm³/mol. The molecule has 0 aromatic carbocycles. The number of hydrogen-bond acceptors (Lipinski definition) is 3. The van der Waals surface area contributed by atoms with Gasteiger partial charge in [0, 0.05) is 6.54 Å². The lowest BCUT2D eigenvalue weighted by Gasteiger charge is -2.35. The molecule has 1 aliphatic rings. The number of carbonyl (C=O) groups excluding carboxylic acids is 2. The van der Waals surface area contributed by atoms with Crippen LogP contribution in [0.3, 0.4) is 0 Å². The number of thiocarbonyl (C=S) groups is 1. The number of nitrogens with one attached hydrogen (secondary N) is 2. The maximum atomic E-state index is 12.5. The molecule has 114 valence electrons. The Balaban J connectivity index is 2.67. The zero-order valence-corrected chi connectivity index (χ0v) is 13.1. The van der Waals surface area contributed by atoms with Crippen LogP contribution in [0.15, 0.2) is 0 Å². The van der Waals surface area contributed by atoms with Crippen LogP contribution in [0.2, 0.25) is 0 Å². The summed E-state index contributed by atoms with van der Waals surface area (Å²) in [7, 11) is 0. The van der Waals surface area contributed by atoms with Crippen LogP contribution in [-0.4, -0.2) is 29.4 Å². The van der Waals surface area contributed by atoms with Crippen LogP contribution in [0.4, 0.5) is 0 Å². The van der Waals surface area contributed by atoms with E-state index in [9.17, 15) is 9.59 Å². The van der Waals surface area contributed by atoms with Gasteiger partial charge < -0.3 is 16.4 Å². The van der Waals surface area contributed by atoms with E-state index < -0.39 is 11.5 Å². The normalized spacial score (nSPS) is 18.9. The summed E-state index contributed by atoms with van der Waals surface area (Å²) in [5.41, 5.74) is 5.03. The van der Waals surface area contributed by atoms with Gasteiger partial charge in [0.25, 0.3) is 0 Å². The second-order valence-electron chi connectivity index (χ2n) is 5.49. The maximum absolute atomic E-state index is 12.5. The van der Waals surface area contributed by atoms with E-state index >= 15 is 0 Å². The fraction of sp³-hybridized carbons (Fsp3) is 0.786. The van der Waals surface area contributed by atoms with Crippen LogP contribution in [-0.2, 0) is 9.59 Å². The number of carbonyl (C=O) groups is 2. The highest BCUT2D eigenvalue weighted by atomic mass is 32.1. The molecule has 1 atom stereocenters. The third kappa shape index (κ3) is 3.91. The average molecular weight is 299 g/mol. The Labute approximate surface area is 126 Å². The molecule has 1 saturated carbocycles. The van der Waals surface area contributed by atoms with Crippen molar-refractivity contribution in [2.75, 3.05) is 6.54 Å². The van der Waals surface area contributed by atoms with E-state index in [-0.39, 0.29) is 16.8 Å². The Hall–Kier alpha value is -1.17. The highest BCUT2D eigenvalue weighted by Gasteiger charge is 2.43. The van der Waals surface area contributed by atoms with Gasteiger partial charge in [-0.3, -0.25) is 9.59 Å². The molecule has 0 aliphatic heterocycles. The molecule has 1 unspecified atom stereocenters. The Morgan fingerprint density at radius 1 is 1.30 bits per heavy atom. The summed E-state index contributed by atoms with van der Waals surface area (Å²) >= 11 is 5.11. The van der Waals surface area contributed by atoms with E-state index in [4.69, 9.17) is 18.0 Å². The Morgan fingerprint density at radius 2 is 1.90 bits per heavy atom. The second kappa shape index (κ2) is 7.57. The first-order chi connectivity index (χ1) is 9.44. The second-order valence-corrected chi connectivity index (χ2v) is 5.93. The minimum atomic E-state index is -0.771. The van der Waals surface area contributed by atoms with Gasteiger partial charge in [-0.15, -0.1) is 0 Å². The summed E-state index contributed by atoms with van der Waals surface area (Å²) < 4.78 is 0. The standard InChI is InChI=1S/C14H25N3O2S/c1-3-9-16-11(18)10(2)17-13(19)14(12(15)20)7-5-4-6-8-14/h10H,3-9H2,1-2H3,(H2,15,20)(H,16,18)(H,17,19). The lowest BCUT2D eigenvalue weighted by Crippen LogP contribution is -2.55. The van der Waals surface area contributed by atoms with Gasteiger partial charge in [-0.25, -0.2) is 0 Å². The molecule has 6 heteroatoms. The molecule has 2 amide bonds. The SMILES string of the molecule is CCCNC(=O)C(C)NC(=O)C1(C(N)=S)CCCCC1. The van der Waals surface area contributed by atoms with E-state index in [2.05, 4.69) is 10.6 Å². The zero-order valence-electron chi connectivity index (χ0n) is 12.3. The monoisotopic (exact) mass is 299 g/mol. The summed E-state index contributed by atoms with van der Waals surface area (Å²) in [4.78, 5) is 24.5. The fourth-order valence-corrected chi connectivity index (χ4v) is 2.84. The van der Waals surface area contributed by atoms with Gasteiger partial charge in [0.1, 0.15) is 6.04 Å². The summed E-state index contributed by atoms with van der Waals surface area (Å²) in [5, 5.41) is 5.53. The molecule has 0 spiro atoms. The molecular formula is C14H25N3O2S. The van der Waals surface area contributed by atoms with Gasteiger partial charge in [0.15, 0.2) is 0 Å². The van der Waals surface area contributed by atoms with Crippen molar-refractivity contribution < 1.29 is 9.59 Å². The summed E-state index contributed by atoms with van der Waals surface area (Å²) in [6.07, 6.45) is 5.21. The Kier molecular flexibility index (Phi) is 6.39. The van der Waals surface area contributed by atoms with Crippen molar-refractivity contribution in [3.8, 4) is 0 Å². The molecule has 1 rings (SSSR count). The maximum Gasteiger partial charge on any atom is 0.242 e. The molecule has 20 heavy (non-hydrogen) atoms. The van der Waals surface area contributed by atoms with Crippen LogP contribution in [0.5, 0.6) is 0 Å². The van der Waals surface area contributed by atoms with E-state index in [1.165, 1.54) is 0 Å². The minimum Gasteiger partial charge on any atom is -0.392 e. The summed E-state index contributed by atoms with van der Waals surface area (Å²) in [6.45, 7) is 4.27. The number of rotatable bonds is 6. The van der Waals surface area contributed by atoms with Crippen LogP contribution >= 0.6 is 12.2 Å². The zero-order chi connectivity index (χ0) is 15.2. The predicted octanol–water partition coefficient (Wildman–Crippen LogP) is 1.25. The van der Waals surface area contributed by atoms with Gasteiger partial charge in [0.05, 0.1) is 10.4 Å². The van der Waals surface area contributed by atoms with E-state index in [1.807, 2.05) is 6.92 Å². The van der Waals surface area contributed by atoms with Crippen molar-refractivity contribution in [2.45, 2.75) is 58.4 Å². The quantitative estimate of drug-likeness (QED) is 0.645. The molecule has 0 heterocycles. The molecule has 4 N–H and O–H groups in total. The molecule has 0 saturated heterocycles. The highest BCUT2D eigenvalue weighted by molar-refractivity contribution is 7.80. The lowest BCUT2D eigenvalue weighted by atomic mass is 9.73. The topological polar surface area (TPSA) is 84.2 Å². The van der Waals surface area contributed by atoms with Crippen molar-refractivity contribution in [3.05, 3.63) is 0 Å². The van der Waals surface area contributed by atoms with Crippen LogP contribution in [0, 0.1) is 5.41 Å². The van der Waals surface area contributed by atoms with Crippen molar-refractivity contribution >= 4 is 29.0 Å². The number of amides is 2. The summed E-state index contributed by atoms with van der Waals surface area (Å²) in [6, 6.07) is -0.567. The first-order valence-corrected chi connectivity index (χ1v) is 7.73. The van der Waals surface area contributed by atoms with Gasteiger partial charge in [-0.05, 0) is 26.2 Å². The first-order valence-electron chi connectivity index (χ1n) is 7.32. The van der Waals surface area contributed by atoms with Crippen LogP contribution in [0.1, 0.15) is 52.4 Å². The molecule has 1 fully saturated rings. The third-order valence-corrected chi connectivity index (χ3v) is 4.29. The van der Waals surface area contributed by atoms with E-state index in [0.29, 0.717) is 19.4 Å². The molecule has 5 nitrogen and oxygen atoms in total. The molecule has 0 bridgehead atoms. The minimum absolute atomic E-state index is 0.172. The smallest absolute Gasteiger partial charge is 0.242 e. The molecule has 0 radical (unpaired) electrons. The fourth-order valence-electron chi connectivity index (χ4n) is 2.54.